The highest BCUT2D eigenvalue weighted by molar-refractivity contribution is 5.94. The molecule has 4 aromatic heterocycles. The van der Waals surface area contributed by atoms with E-state index in [0.29, 0.717) is 17.5 Å². The average molecular weight is 334 g/mol. The topological polar surface area (TPSA) is 109 Å². The number of nitrogens with zero attached hydrogens (tertiary/aromatic N) is 4. The SMILES string of the molecule is CNc1ccnc(Nc2cc3cc(-c4c[nH]n4C)nc(N)c3cn2)c1. The summed E-state index contributed by atoms with van der Waals surface area (Å²) in [6, 6.07) is 7.75. The van der Waals surface area contributed by atoms with Crippen molar-refractivity contribution in [2.45, 2.75) is 0 Å². The maximum Gasteiger partial charge on any atom is 0.133 e. The third kappa shape index (κ3) is 2.74. The first-order valence-electron chi connectivity index (χ1n) is 7.81. The minimum Gasteiger partial charge on any atom is -0.388 e. The lowest BCUT2D eigenvalue weighted by molar-refractivity contribution is 0.700. The summed E-state index contributed by atoms with van der Waals surface area (Å²) in [6.07, 6.45) is 5.35. The van der Waals surface area contributed by atoms with Crippen molar-refractivity contribution in [2.24, 2.45) is 7.05 Å². The predicted molar refractivity (Wildman–Crippen MR) is 99.8 cm³/mol. The van der Waals surface area contributed by atoms with Crippen molar-refractivity contribution >= 4 is 33.9 Å². The van der Waals surface area contributed by atoms with Gasteiger partial charge in [-0.1, -0.05) is 0 Å². The lowest BCUT2D eigenvalue weighted by Gasteiger charge is -2.14. The van der Waals surface area contributed by atoms with Gasteiger partial charge in [-0.2, -0.15) is 0 Å². The molecule has 8 nitrogen and oxygen atoms in total. The van der Waals surface area contributed by atoms with Gasteiger partial charge in [0.05, 0.1) is 5.69 Å². The number of aromatic amines is 1. The van der Waals surface area contributed by atoms with Crippen molar-refractivity contribution in [3.63, 3.8) is 0 Å². The summed E-state index contributed by atoms with van der Waals surface area (Å²) >= 11 is 0. The van der Waals surface area contributed by atoms with Gasteiger partial charge in [0.25, 0.3) is 0 Å². The number of nitrogen functional groups attached to an aromatic ring is 1. The van der Waals surface area contributed by atoms with E-state index in [1.54, 1.807) is 12.4 Å². The molecule has 0 amide bonds. The fraction of sp³-hybridized carbons (Fsp3) is 0.118. The molecule has 0 aliphatic heterocycles. The van der Waals surface area contributed by atoms with Gasteiger partial charge in [0, 0.05) is 49.8 Å². The number of aromatic nitrogens is 5. The number of fused-ring (bicyclic) bond motifs is 1. The molecule has 8 heteroatoms. The van der Waals surface area contributed by atoms with E-state index >= 15 is 0 Å². The zero-order valence-corrected chi connectivity index (χ0v) is 13.9. The fourth-order valence-corrected chi connectivity index (χ4v) is 2.66. The molecule has 0 unspecified atom stereocenters. The number of pyridine rings is 3. The number of nitrogens with two attached hydrogens (primary N) is 1. The van der Waals surface area contributed by atoms with E-state index in [9.17, 15) is 0 Å². The second-order valence-corrected chi connectivity index (χ2v) is 5.71. The molecule has 0 aliphatic rings. The standard InChI is InChI=1S/C17H18N8/c1-19-11-3-4-20-16(7-11)24-15-6-10-5-13(14-9-22-25(14)2)23-17(18)12(10)8-21-15/h3-9,22H,1-2H3,(H2,18,23)(H2,19,20,21,24). The number of hydrogen-bond donors (Lipinski definition) is 4. The molecule has 0 saturated carbocycles. The normalized spacial score (nSPS) is 11.0. The van der Waals surface area contributed by atoms with Crippen LogP contribution in [0, 0.1) is 0 Å². The quantitative estimate of drug-likeness (QED) is 0.457. The van der Waals surface area contributed by atoms with Crippen LogP contribution in [0.3, 0.4) is 0 Å². The minimum atomic E-state index is 0.461. The van der Waals surface area contributed by atoms with E-state index in [1.807, 2.05) is 49.2 Å². The van der Waals surface area contributed by atoms with Crippen LogP contribution in [-0.4, -0.2) is 31.8 Å². The van der Waals surface area contributed by atoms with Crippen LogP contribution >= 0.6 is 0 Å². The first kappa shape index (κ1) is 15.0. The fourth-order valence-electron chi connectivity index (χ4n) is 2.66. The van der Waals surface area contributed by atoms with Crippen molar-refractivity contribution in [3.05, 3.63) is 42.9 Å². The molecule has 4 rings (SSSR count). The minimum absolute atomic E-state index is 0.461. The number of anilines is 4. The summed E-state index contributed by atoms with van der Waals surface area (Å²) in [5.41, 5.74) is 8.88. The highest BCUT2D eigenvalue weighted by Gasteiger charge is 2.11. The Morgan fingerprint density at radius 2 is 2.00 bits per heavy atom. The number of H-pyrrole nitrogens is 1. The van der Waals surface area contributed by atoms with Gasteiger partial charge in [-0.3, -0.25) is 4.68 Å². The summed E-state index contributed by atoms with van der Waals surface area (Å²) in [7, 11) is 3.79. The number of aryl methyl sites for hydroxylation is 1. The van der Waals surface area contributed by atoms with Crippen LogP contribution in [-0.2, 0) is 7.05 Å². The zero-order chi connectivity index (χ0) is 17.4. The van der Waals surface area contributed by atoms with Gasteiger partial charge in [-0.25, -0.2) is 15.0 Å². The summed E-state index contributed by atoms with van der Waals surface area (Å²) in [4.78, 5) is 13.2. The monoisotopic (exact) mass is 334 g/mol. The van der Waals surface area contributed by atoms with Gasteiger partial charge in [0.1, 0.15) is 23.1 Å². The molecule has 0 bridgehead atoms. The van der Waals surface area contributed by atoms with E-state index in [4.69, 9.17) is 5.73 Å². The Kier molecular flexibility index (Phi) is 3.50. The molecule has 5 N–H and O–H groups in total. The van der Waals surface area contributed by atoms with Crippen LogP contribution in [0.1, 0.15) is 0 Å². The third-order valence-electron chi connectivity index (χ3n) is 4.07. The molecule has 0 saturated heterocycles. The van der Waals surface area contributed by atoms with Crippen LogP contribution in [0.15, 0.2) is 42.9 Å². The largest absolute Gasteiger partial charge is 0.388 e. The van der Waals surface area contributed by atoms with Crippen molar-refractivity contribution in [1.29, 1.82) is 0 Å². The summed E-state index contributed by atoms with van der Waals surface area (Å²) < 4.78 is 1.89. The summed E-state index contributed by atoms with van der Waals surface area (Å²) in [5.74, 6) is 1.87. The lowest BCUT2D eigenvalue weighted by atomic mass is 10.1. The predicted octanol–water partition coefficient (Wildman–Crippen LogP) is 2.73. The highest BCUT2D eigenvalue weighted by Crippen LogP contribution is 2.28. The Morgan fingerprint density at radius 1 is 1.16 bits per heavy atom. The highest BCUT2D eigenvalue weighted by atomic mass is 15.3. The van der Waals surface area contributed by atoms with Crippen molar-refractivity contribution in [3.8, 4) is 11.4 Å². The average Bonchev–Trinajstić information content (AvgIpc) is 2.60. The Morgan fingerprint density at radius 3 is 2.72 bits per heavy atom. The van der Waals surface area contributed by atoms with Crippen LogP contribution in [0.5, 0.6) is 0 Å². The first-order chi connectivity index (χ1) is 12.1. The number of rotatable bonds is 4. The Labute approximate surface area is 144 Å². The number of nitrogens with one attached hydrogen (secondary N) is 3. The third-order valence-corrected chi connectivity index (χ3v) is 4.07. The second kappa shape index (κ2) is 5.82. The smallest absolute Gasteiger partial charge is 0.133 e. The molecule has 0 aliphatic carbocycles. The van der Waals surface area contributed by atoms with Gasteiger partial charge >= 0.3 is 0 Å². The molecule has 25 heavy (non-hydrogen) atoms. The second-order valence-electron chi connectivity index (χ2n) is 5.71. The molecule has 0 fully saturated rings. The molecule has 0 spiro atoms. The van der Waals surface area contributed by atoms with E-state index in [2.05, 4.69) is 30.7 Å². The Hall–Kier alpha value is -3.55. The molecule has 0 aromatic carbocycles. The molecule has 0 radical (unpaired) electrons. The van der Waals surface area contributed by atoms with Crippen LogP contribution in [0.2, 0.25) is 0 Å². The Bertz CT molecular complexity index is 1050. The summed E-state index contributed by atoms with van der Waals surface area (Å²) in [5, 5.41) is 11.1. The van der Waals surface area contributed by atoms with Crippen LogP contribution in [0.25, 0.3) is 22.2 Å². The maximum atomic E-state index is 6.10. The molecular weight excluding hydrogens is 316 g/mol. The molecule has 4 heterocycles. The molecule has 4 aromatic rings. The van der Waals surface area contributed by atoms with Crippen molar-refractivity contribution in [2.75, 3.05) is 23.4 Å². The molecule has 0 atom stereocenters. The van der Waals surface area contributed by atoms with Gasteiger partial charge in [-0.15, -0.1) is 0 Å². The molecule has 126 valence electrons. The van der Waals surface area contributed by atoms with Crippen molar-refractivity contribution in [1.82, 2.24) is 24.7 Å². The van der Waals surface area contributed by atoms with Crippen LogP contribution < -0.4 is 16.4 Å². The zero-order valence-electron chi connectivity index (χ0n) is 13.9. The van der Waals surface area contributed by atoms with E-state index in [-0.39, 0.29) is 0 Å². The first-order valence-corrected chi connectivity index (χ1v) is 7.81. The number of hydrogen-bond acceptors (Lipinski definition) is 6. The molecular formula is C17H18N8. The van der Waals surface area contributed by atoms with Gasteiger partial charge in [0.2, 0.25) is 0 Å². The summed E-state index contributed by atoms with van der Waals surface area (Å²) in [6.45, 7) is 0. The van der Waals surface area contributed by atoms with Gasteiger partial charge in [0.15, 0.2) is 0 Å². The van der Waals surface area contributed by atoms with Gasteiger partial charge < -0.3 is 21.5 Å². The van der Waals surface area contributed by atoms with E-state index in [0.717, 1.165) is 27.8 Å². The van der Waals surface area contributed by atoms with E-state index < -0.39 is 0 Å². The van der Waals surface area contributed by atoms with E-state index in [1.165, 1.54) is 0 Å². The lowest BCUT2D eigenvalue weighted by Crippen LogP contribution is -2.08. The van der Waals surface area contributed by atoms with Crippen LogP contribution in [0.4, 0.5) is 23.1 Å². The van der Waals surface area contributed by atoms with Crippen molar-refractivity contribution < 1.29 is 0 Å². The Balaban J connectivity index is 1.73. The van der Waals surface area contributed by atoms with Gasteiger partial charge in [-0.05, 0) is 23.6 Å². The maximum absolute atomic E-state index is 6.10.